The van der Waals surface area contributed by atoms with Gasteiger partial charge in [0.05, 0.1) is 17.2 Å². The number of carbonyl (C=O) groups excluding carboxylic acids is 2. The smallest absolute Gasteiger partial charge is 0.265 e. The summed E-state index contributed by atoms with van der Waals surface area (Å²) >= 11 is 11.4. The third-order valence-electron chi connectivity index (χ3n) is 4.74. The van der Waals surface area contributed by atoms with E-state index in [0.717, 1.165) is 6.42 Å². The van der Waals surface area contributed by atoms with Crippen LogP contribution in [0.25, 0.3) is 0 Å². The fourth-order valence-corrected chi connectivity index (χ4v) is 3.38. The molecule has 0 aliphatic carbocycles. The molecule has 1 unspecified atom stereocenters. The van der Waals surface area contributed by atoms with Gasteiger partial charge >= 0.3 is 0 Å². The molecule has 0 radical (unpaired) electrons. The molecule has 182 valence electrons. The second kappa shape index (κ2) is 12.7. The summed E-state index contributed by atoms with van der Waals surface area (Å²) in [5.74, 6) is 0.247. The van der Waals surface area contributed by atoms with Gasteiger partial charge in [-0.3, -0.25) is 14.9 Å². The first-order valence-electron chi connectivity index (χ1n) is 11.0. The topological polar surface area (TPSA) is 88.7 Å². The zero-order valence-electron chi connectivity index (χ0n) is 19.3. The summed E-state index contributed by atoms with van der Waals surface area (Å²) in [6.07, 6.45) is 0.0827. The Morgan fingerprint density at radius 2 is 1.51 bits per heavy atom. The third kappa shape index (κ3) is 7.70. The van der Waals surface area contributed by atoms with Gasteiger partial charge in [-0.15, -0.1) is 0 Å². The van der Waals surface area contributed by atoms with Crippen LogP contribution in [-0.4, -0.2) is 29.6 Å². The van der Waals surface area contributed by atoms with E-state index in [1.165, 1.54) is 0 Å². The Hall–Kier alpha value is -3.62. The minimum Gasteiger partial charge on any atom is -0.493 e. The predicted molar refractivity (Wildman–Crippen MR) is 143 cm³/mol. The van der Waals surface area contributed by atoms with Gasteiger partial charge < -0.3 is 20.1 Å². The van der Waals surface area contributed by atoms with Gasteiger partial charge in [0.15, 0.2) is 11.2 Å². The molecular weight excluding hydrogens is 486 g/mol. The number of halogens is 1. The van der Waals surface area contributed by atoms with Gasteiger partial charge in [-0.25, -0.2) is 0 Å². The zero-order valence-corrected chi connectivity index (χ0v) is 20.9. The Morgan fingerprint density at radius 1 is 0.914 bits per heavy atom. The van der Waals surface area contributed by atoms with Crippen LogP contribution < -0.4 is 25.4 Å². The maximum atomic E-state index is 12.6. The fourth-order valence-electron chi connectivity index (χ4n) is 2.99. The summed E-state index contributed by atoms with van der Waals surface area (Å²) in [6, 6.07) is 20.8. The summed E-state index contributed by atoms with van der Waals surface area (Å²) in [5.41, 5.74) is 1.62. The van der Waals surface area contributed by atoms with Crippen molar-refractivity contribution in [2.45, 2.75) is 26.4 Å². The Labute approximate surface area is 214 Å². The van der Waals surface area contributed by atoms with Crippen LogP contribution in [0.5, 0.6) is 11.5 Å². The molecule has 2 amide bonds. The highest BCUT2D eigenvalue weighted by Gasteiger charge is 2.17. The number of hydrogen-bond donors (Lipinski definition) is 3. The summed E-state index contributed by atoms with van der Waals surface area (Å²) < 4.78 is 11.3. The van der Waals surface area contributed by atoms with Crippen molar-refractivity contribution >= 4 is 52.1 Å². The highest BCUT2D eigenvalue weighted by molar-refractivity contribution is 7.80. The number of hydrogen-bond acceptors (Lipinski definition) is 5. The van der Waals surface area contributed by atoms with E-state index < -0.39 is 6.10 Å². The van der Waals surface area contributed by atoms with E-state index in [4.69, 9.17) is 33.3 Å². The zero-order chi connectivity index (χ0) is 25.2. The molecular formula is C26H26ClN3O4S. The van der Waals surface area contributed by atoms with Crippen molar-refractivity contribution in [1.29, 1.82) is 0 Å². The van der Waals surface area contributed by atoms with Crippen molar-refractivity contribution in [3.63, 3.8) is 0 Å². The molecule has 7 nitrogen and oxygen atoms in total. The van der Waals surface area contributed by atoms with Crippen molar-refractivity contribution in [3.8, 4) is 11.5 Å². The lowest BCUT2D eigenvalue weighted by molar-refractivity contribution is -0.122. The van der Waals surface area contributed by atoms with Crippen LogP contribution in [0.3, 0.4) is 0 Å². The number of nitrogens with one attached hydrogen (secondary N) is 3. The van der Waals surface area contributed by atoms with E-state index >= 15 is 0 Å². The Balaban J connectivity index is 1.53. The van der Waals surface area contributed by atoms with Crippen LogP contribution in [0.2, 0.25) is 5.02 Å². The van der Waals surface area contributed by atoms with Crippen molar-refractivity contribution in [3.05, 3.63) is 83.4 Å². The lowest BCUT2D eigenvalue weighted by Crippen LogP contribution is -2.34. The van der Waals surface area contributed by atoms with E-state index in [1.54, 1.807) is 73.7 Å². The third-order valence-corrected chi connectivity index (χ3v) is 5.26. The summed E-state index contributed by atoms with van der Waals surface area (Å²) in [4.78, 5) is 25.1. The second-order valence-electron chi connectivity index (χ2n) is 7.51. The molecule has 0 bridgehead atoms. The molecule has 3 rings (SSSR count). The second-order valence-corrected chi connectivity index (χ2v) is 8.33. The predicted octanol–water partition coefficient (Wildman–Crippen LogP) is 5.66. The summed E-state index contributed by atoms with van der Waals surface area (Å²) in [7, 11) is 0. The van der Waals surface area contributed by atoms with Crippen LogP contribution in [-0.2, 0) is 4.79 Å². The number of rotatable bonds is 9. The van der Waals surface area contributed by atoms with Crippen molar-refractivity contribution in [1.82, 2.24) is 5.32 Å². The molecule has 9 heteroatoms. The number of carbonyl (C=O) groups is 2. The molecule has 0 aliphatic heterocycles. The normalized spacial score (nSPS) is 11.2. The monoisotopic (exact) mass is 511 g/mol. The SMILES string of the molecule is CCCOc1ccccc1C(=O)NC(=S)Nc1ccc(NC(=O)C(C)Oc2ccccc2Cl)cc1. The van der Waals surface area contributed by atoms with Crippen LogP contribution in [0.1, 0.15) is 30.6 Å². The molecule has 35 heavy (non-hydrogen) atoms. The molecule has 3 aromatic carbocycles. The maximum Gasteiger partial charge on any atom is 0.265 e. The van der Waals surface area contributed by atoms with Gasteiger partial charge in [0.1, 0.15) is 11.5 Å². The highest BCUT2D eigenvalue weighted by Crippen LogP contribution is 2.24. The van der Waals surface area contributed by atoms with Gasteiger partial charge in [-0.2, -0.15) is 0 Å². The number of benzene rings is 3. The molecule has 1 atom stereocenters. The quantitative estimate of drug-likeness (QED) is 0.321. The molecule has 0 saturated heterocycles. The van der Waals surface area contributed by atoms with E-state index in [1.807, 2.05) is 13.0 Å². The molecule has 3 aromatic rings. The molecule has 0 saturated carbocycles. The molecule has 0 heterocycles. The van der Waals surface area contributed by atoms with Gasteiger partial charge in [0, 0.05) is 11.4 Å². The fraction of sp³-hybridized carbons (Fsp3) is 0.192. The molecule has 0 fully saturated rings. The number of thiocarbonyl (C=S) groups is 1. The van der Waals surface area contributed by atoms with Crippen molar-refractivity contribution < 1.29 is 19.1 Å². The lowest BCUT2D eigenvalue weighted by Gasteiger charge is -2.16. The number of amides is 2. The van der Waals surface area contributed by atoms with Crippen LogP contribution >= 0.6 is 23.8 Å². The largest absolute Gasteiger partial charge is 0.493 e. The first-order valence-corrected chi connectivity index (χ1v) is 11.8. The van der Waals surface area contributed by atoms with Gasteiger partial charge in [0.2, 0.25) is 0 Å². The Bertz CT molecular complexity index is 1190. The average molecular weight is 512 g/mol. The Kier molecular flexibility index (Phi) is 9.46. The molecule has 0 aromatic heterocycles. The van der Waals surface area contributed by atoms with E-state index in [0.29, 0.717) is 40.1 Å². The van der Waals surface area contributed by atoms with Crippen molar-refractivity contribution in [2.75, 3.05) is 17.2 Å². The first-order chi connectivity index (χ1) is 16.9. The number of anilines is 2. The average Bonchev–Trinajstić information content (AvgIpc) is 2.85. The van der Waals surface area contributed by atoms with Gasteiger partial charge in [-0.05, 0) is 74.1 Å². The van der Waals surface area contributed by atoms with Crippen LogP contribution in [0.15, 0.2) is 72.8 Å². The Morgan fingerprint density at radius 3 is 2.17 bits per heavy atom. The van der Waals surface area contributed by atoms with E-state index in [-0.39, 0.29) is 16.9 Å². The van der Waals surface area contributed by atoms with E-state index in [9.17, 15) is 9.59 Å². The van der Waals surface area contributed by atoms with Crippen LogP contribution in [0.4, 0.5) is 11.4 Å². The van der Waals surface area contributed by atoms with E-state index in [2.05, 4.69) is 16.0 Å². The first kappa shape index (κ1) is 26.0. The summed E-state index contributed by atoms with van der Waals surface area (Å²) in [6.45, 7) is 4.15. The summed E-state index contributed by atoms with van der Waals surface area (Å²) in [5, 5.41) is 8.97. The van der Waals surface area contributed by atoms with Crippen molar-refractivity contribution in [2.24, 2.45) is 0 Å². The van der Waals surface area contributed by atoms with Gasteiger partial charge in [0.25, 0.3) is 11.8 Å². The molecule has 0 spiro atoms. The molecule has 0 aliphatic rings. The lowest BCUT2D eigenvalue weighted by atomic mass is 10.2. The number of para-hydroxylation sites is 2. The molecule has 3 N–H and O–H groups in total. The number of ether oxygens (including phenoxy) is 2. The minimum atomic E-state index is -0.750. The van der Waals surface area contributed by atoms with Crippen LogP contribution in [0, 0.1) is 0 Å². The van der Waals surface area contributed by atoms with Gasteiger partial charge in [-0.1, -0.05) is 42.8 Å². The highest BCUT2D eigenvalue weighted by atomic mass is 35.5. The standard InChI is InChI=1S/C26H26ClN3O4S/c1-3-16-33-22-10-6-4-8-20(22)25(32)30-26(35)29-19-14-12-18(13-15-19)28-24(31)17(2)34-23-11-7-5-9-21(23)27/h4-15,17H,3,16H2,1-2H3,(H,28,31)(H2,29,30,32,35). The maximum absolute atomic E-state index is 12.6. The minimum absolute atomic E-state index is 0.138.